The summed E-state index contributed by atoms with van der Waals surface area (Å²) in [7, 11) is 0. The fraction of sp³-hybridized carbons (Fsp3) is 0.495. The van der Waals surface area contributed by atoms with Crippen LogP contribution in [0.3, 0.4) is 0 Å². The molecule has 0 saturated carbocycles. The standard InChI is InChI=1S/C51H62F5N3O7.C45H63N3O7.C6HF5O.CH4I.ClH/c1-5-6-10-17-36-28-39-35(18-15-20-40(39)59-50(36)57)16-11-7-8-13-21-42(62)65-30-34-25-23-33(24-26-34)27-41(61)32(4)58-51(64)38(31(2)3)29-37(60)19-12-9-14-22-43(63)66-49-47(55)45(53)44(52)46(54)48(49)56;1-5-6-10-17-36-28-39-35(18-15-20-40(39)48-44(36)46)16-11-7-8-14-22-43(53)55-30-34-25-23-33(24-26-34)27-41(50)32(4)47-45(54)38(31(2)3)29-37(49)19-12-9-13-21-42(51)52;7-1-2(8)4(10)6(12)5(11)3(1)9;1-2;/h15,18,20,23-26,28,31-32,38H,5-14,16-17,19,21-22,27,29-30H2,1-4H3,(H2,57,59)(H,58,64);15,18,20,23-26,28,31-32,38H,5-14,16-17,19,21-22,27,29-30H2,1-4H3,(H2,46,48)(H,47,54)(H,51,52);12H;2H,1H3;1H/q;;;-1;/t2*32-,38-;;;/m00.../s1/i;;;2D;. The number of alkyl halides is 1. The normalized spacial score (nSPS) is 12.1. The van der Waals surface area contributed by atoms with Crippen molar-refractivity contribution in [1.29, 1.82) is 0.594 Å². The SMILES string of the molecule is CCCCCc1cc2c(CCCCCCC(=O)OCc3ccc(CC(=O)[C@H](C)NC(=O)[C@@H](CC(=O)CCCCCC(=O)O)C(C)C)cc3)cccc2nc1N.CCCCCc1cc2c(CCCCCCC(=O)OCc3ccc(CC(=O)[C@H](C)NC(=O)[C@@H](CC(=O)CCCCCC(=O)Oc4c(F)c(F)c(F)c(F)c4F)C(C)C)cc3)cccc2nc1N.Cl.Oc1c(F)c(F)c(F)c(F)c1F.[2H][I-]C. The van der Waals surface area contributed by atoms with Crippen molar-refractivity contribution in [3.63, 3.8) is 0 Å². The number of Topliss-reactive ketones (excluding diaryl/α,β-unsaturated/α-hetero) is 4. The van der Waals surface area contributed by atoms with Crippen LogP contribution in [-0.4, -0.2) is 96.6 Å². The number of carbonyl (C=O) groups is 10. The third-order valence-electron chi connectivity index (χ3n) is 23.1. The first-order chi connectivity index (χ1) is 64.7. The van der Waals surface area contributed by atoms with Crippen LogP contribution in [0.25, 0.3) is 21.8 Å². The van der Waals surface area contributed by atoms with E-state index in [2.05, 4.69) is 63.5 Å². The van der Waals surface area contributed by atoms with Gasteiger partial charge in [0.25, 0.3) is 0 Å². The van der Waals surface area contributed by atoms with Gasteiger partial charge in [-0.25, -0.2) is 36.3 Å². The summed E-state index contributed by atoms with van der Waals surface area (Å²) in [6, 6.07) is 29.8. The van der Waals surface area contributed by atoms with E-state index in [9.17, 15) is 91.8 Å². The molecule has 8 rings (SSSR count). The number of rotatable bonds is 55. The topological polar surface area (TPSA) is 341 Å². The van der Waals surface area contributed by atoms with Crippen LogP contribution < -0.4 is 49.2 Å². The number of aromatic hydroxyl groups is 1. The van der Waals surface area contributed by atoms with Crippen LogP contribution in [0.5, 0.6) is 11.5 Å². The van der Waals surface area contributed by atoms with E-state index in [1.54, 1.807) is 52.0 Å². The number of nitrogens with one attached hydrogen (secondary N) is 2. The number of nitrogens with two attached hydrogens (primary N) is 2. The van der Waals surface area contributed by atoms with Gasteiger partial charge >= 0.3 is 51.8 Å². The van der Waals surface area contributed by atoms with Crippen molar-refractivity contribution < 1.29 is 139 Å². The number of pyridine rings is 2. The minimum atomic E-state index is -2.37. The predicted molar refractivity (Wildman–Crippen MR) is 501 cm³/mol. The Morgan fingerprint density at radius 1 is 0.412 bits per heavy atom. The summed E-state index contributed by atoms with van der Waals surface area (Å²) in [5.41, 5.74) is 22.3. The molecule has 21 nitrogen and oxygen atoms in total. The Hall–Kier alpha value is -10.6. The predicted octanol–water partition coefficient (Wildman–Crippen LogP) is 19.0. The molecule has 33 heteroatoms. The number of aryl methyl sites for hydroxylation is 4. The molecule has 2 aromatic heterocycles. The van der Waals surface area contributed by atoms with Gasteiger partial charge in [0, 0.05) is 86.8 Å². The number of ether oxygens (including phenoxy) is 3. The van der Waals surface area contributed by atoms with Gasteiger partial charge in [0.1, 0.15) is 36.4 Å². The second kappa shape index (κ2) is 62.2. The van der Waals surface area contributed by atoms with Crippen LogP contribution >= 0.6 is 12.4 Å². The zero-order valence-corrected chi connectivity index (χ0v) is 81.9. The molecular weight excluding hydrogens is 1910 g/mol. The Morgan fingerprint density at radius 2 is 0.721 bits per heavy atom. The molecule has 0 fully saturated rings. The number of hydrogen-bond acceptors (Lipinski definition) is 18. The summed E-state index contributed by atoms with van der Waals surface area (Å²) >= 11 is -0.160. The molecule has 2 amide bonds. The fourth-order valence-corrected chi connectivity index (χ4v) is 14.9. The van der Waals surface area contributed by atoms with Crippen LogP contribution in [0.4, 0.5) is 55.5 Å². The van der Waals surface area contributed by atoms with E-state index in [1.165, 1.54) is 29.4 Å². The minimum absolute atomic E-state index is 0. The number of carboxylic acids is 1. The number of carboxylic acid groups (broad SMARTS) is 1. The van der Waals surface area contributed by atoms with Gasteiger partial charge in [-0.2, -0.15) is 17.6 Å². The number of phenols is 1. The maximum atomic E-state index is 13.8. The number of esters is 3. The zero-order valence-electron chi connectivity index (χ0n) is 80.0. The van der Waals surface area contributed by atoms with Crippen molar-refractivity contribution in [2.45, 2.75) is 299 Å². The number of anilines is 2. The second-order valence-corrected chi connectivity index (χ2v) is 34.5. The molecule has 0 aliphatic carbocycles. The number of ketones is 4. The average Bonchev–Trinajstić information content (AvgIpc) is 0.836. The van der Waals surface area contributed by atoms with Gasteiger partial charge in [-0.3, -0.25) is 47.9 Å². The quantitative estimate of drug-likeness (QED) is 0.00301. The second-order valence-electron chi connectivity index (χ2n) is 34.5. The Kier molecular flexibility index (Phi) is 53.0. The van der Waals surface area contributed by atoms with Crippen molar-refractivity contribution in [2.75, 3.05) is 16.4 Å². The Balaban J connectivity index is 0.000000498. The molecule has 0 spiro atoms. The molecule has 8 N–H and O–H groups in total. The number of carbonyl (C=O) groups excluding carboxylic acids is 9. The van der Waals surface area contributed by atoms with Crippen molar-refractivity contribution in [2.24, 2.45) is 23.7 Å². The van der Waals surface area contributed by atoms with Gasteiger partial charge in [0.05, 0.1) is 23.1 Å². The van der Waals surface area contributed by atoms with Crippen molar-refractivity contribution in [3.8, 4) is 11.5 Å². The molecule has 4 atom stereocenters. The van der Waals surface area contributed by atoms with Crippen LogP contribution in [-0.2, 0) is 109 Å². The molecule has 0 bridgehead atoms. The molecule has 8 aromatic rings. The summed E-state index contributed by atoms with van der Waals surface area (Å²) in [5.74, 6) is -30.2. The van der Waals surface area contributed by atoms with E-state index in [0.29, 0.717) is 68.6 Å². The van der Waals surface area contributed by atoms with Gasteiger partial charge < -0.3 is 46.5 Å². The van der Waals surface area contributed by atoms with E-state index in [1.807, 2.05) is 67.3 Å². The summed E-state index contributed by atoms with van der Waals surface area (Å²) in [5, 5.41) is 24.9. The molecule has 0 unspecified atom stereocenters. The van der Waals surface area contributed by atoms with Crippen molar-refractivity contribution in [1.82, 2.24) is 20.6 Å². The number of phenolic OH excluding ortho intramolecular Hbond substituents is 1. The van der Waals surface area contributed by atoms with Gasteiger partial charge in [-0.05, 0) is 184 Å². The number of unbranched alkanes of at least 4 members (excludes halogenated alkanes) is 14. The molecule has 0 aliphatic rings. The fourth-order valence-electron chi connectivity index (χ4n) is 14.9. The van der Waals surface area contributed by atoms with E-state index in [4.69, 9.17) is 31.7 Å². The van der Waals surface area contributed by atoms with Crippen molar-refractivity contribution in [3.05, 3.63) is 200 Å². The molecule has 0 radical (unpaired) electrons. The first-order valence-electron chi connectivity index (χ1n) is 46.7. The molecule has 0 aliphatic heterocycles. The van der Waals surface area contributed by atoms with Crippen LogP contribution in [0.1, 0.15) is 280 Å². The molecule has 6 aromatic carbocycles. The monoisotopic (exact) mass is 2040 g/mol. The van der Waals surface area contributed by atoms with E-state index in [-0.39, 0.29) is 146 Å². The Bertz CT molecular complexity index is 5140. The van der Waals surface area contributed by atoms with E-state index >= 15 is 0 Å². The number of benzene rings is 6. The number of halogens is 12. The number of hydrogen-bond donors (Lipinski definition) is 6. The van der Waals surface area contributed by atoms with Gasteiger partial charge in [-0.15, -0.1) is 12.4 Å². The van der Waals surface area contributed by atoms with Gasteiger partial charge in [0.2, 0.25) is 75.7 Å². The van der Waals surface area contributed by atoms with Gasteiger partial charge in [0.15, 0.2) is 17.3 Å². The number of fused-ring (bicyclic) bond motifs is 2. The summed E-state index contributed by atoms with van der Waals surface area (Å²) in [4.78, 5) is 136. The number of nitrogen functional groups attached to an aromatic ring is 2. The Labute approximate surface area is 810 Å². The summed E-state index contributed by atoms with van der Waals surface area (Å²) in [6.07, 6.45) is 21.5. The summed E-state index contributed by atoms with van der Waals surface area (Å²) in [6.45, 7) is 15.2. The molecule has 2 heterocycles. The zero-order chi connectivity index (χ0) is 101. The van der Waals surface area contributed by atoms with Crippen LogP contribution in [0.2, 0.25) is 0 Å². The van der Waals surface area contributed by atoms with Crippen LogP contribution in [0.15, 0.2) is 97.1 Å². The summed E-state index contributed by atoms with van der Waals surface area (Å²) < 4.78 is 150. The molecule has 0 saturated heterocycles. The van der Waals surface area contributed by atoms with E-state index < -0.39 is 118 Å². The molecule has 136 heavy (non-hydrogen) atoms. The number of aliphatic carboxylic acids is 1. The third kappa shape index (κ3) is 39.8. The van der Waals surface area contributed by atoms with E-state index in [0.717, 1.165) is 147 Å². The molecule has 748 valence electrons. The number of nitrogens with zero attached hydrogens (tertiary/aromatic N) is 2. The van der Waals surface area contributed by atoms with Gasteiger partial charge in [-0.1, -0.05) is 179 Å². The third-order valence-corrected chi connectivity index (χ3v) is 23.1. The van der Waals surface area contributed by atoms with Crippen molar-refractivity contribution >= 4 is 105 Å². The first kappa shape index (κ1) is 116. The van der Waals surface area contributed by atoms with Crippen LogP contribution in [0, 0.1) is 81.8 Å². The maximum absolute atomic E-state index is 13.8. The number of aromatic nitrogens is 2. The average molecular weight is 2050 g/mol. The molecular formula is C103H131ClF10IN6O15-. The number of amides is 2. The Morgan fingerprint density at radius 3 is 1.08 bits per heavy atom. The first-order valence-corrected chi connectivity index (χ1v) is 48.5.